The van der Waals surface area contributed by atoms with Crippen LogP contribution in [-0.4, -0.2) is 16.8 Å². The average Bonchev–Trinajstić information content (AvgIpc) is 3.22. The lowest BCUT2D eigenvalue weighted by atomic mass is 9.78. The van der Waals surface area contributed by atoms with E-state index in [0.717, 1.165) is 21.7 Å². The summed E-state index contributed by atoms with van der Waals surface area (Å²) in [7, 11) is 0. The molecule has 0 radical (unpaired) electrons. The van der Waals surface area contributed by atoms with Crippen molar-refractivity contribution >= 4 is 46.9 Å². The minimum atomic E-state index is -0.305. The normalized spacial score (nSPS) is 11.5. The largest absolute Gasteiger partial charge is 0.507 e. The van der Waals surface area contributed by atoms with E-state index in [1.807, 2.05) is 71.2 Å². The lowest BCUT2D eigenvalue weighted by molar-refractivity contribution is 0.102. The first-order chi connectivity index (χ1) is 14.9. The Morgan fingerprint density at radius 3 is 1.79 bits per heavy atom. The fraction of sp³-hybridized carbons (Fsp3) is 0.308. The summed E-state index contributed by atoms with van der Waals surface area (Å²) in [6, 6.07) is 14.6. The van der Waals surface area contributed by atoms with Gasteiger partial charge in [0.1, 0.15) is 11.6 Å². The van der Waals surface area contributed by atoms with Crippen molar-refractivity contribution in [3.05, 3.63) is 75.5 Å². The third-order valence-corrected chi connectivity index (χ3v) is 6.06. The Balaban J connectivity index is 0.00000385. The van der Waals surface area contributed by atoms with Gasteiger partial charge in [-0.15, -0.1) is 23.7 Å². The Morgan fingerprint density at radius 2 is 1.36 bits per heavy atom. The summed E-state index contributed by atoms with van der Waals surface area (Å²) in [6.45, 7) is 12.1. The van der Waals surface area contributed by atoms with Gasteiger partial charge < -0.3 is 15.7 Å². The minimum absolute atomic E-state index is 0. The lowest BCUT2D eigenvalue weighted by Crippen LogP contribution is -2.20. The highest BCUT2D eigenvalue weighted by Gasteiger charge is 2.27. The summed E-state index contributed by atoms with van der Waals surface area (Å²) < 4.78 is 0. The molecule has 176 valence electrons. The number of rotatable bonds is 4. The summed E-state index contributed by atoms with van der Waals surface area (Å²) >= 11 is 1.50. The number of nitrogens with one attached hydrogen (secondary N) is 3. The summed E-state index contributed by atoms with van der Waals surface area (Å²) in [5.74, 6) is 0.364. The zero-order valence-electron chi connectivity index (χ0n) is 19.9. The fourth-order valence-corrected chi connectivity index (χ4v) is 4.01. The molecule has 5 nitrogen and oxygen atoms in total. The van der Waals surface area contributed by atoms with Crippen molar-refractivity contribution < 1.29 is 9.90 Å². The number of thiophene rings is 1. The van der Waals surface area contributed by atoms with E-state index in [1.54, 1.807) is 24.3 Å². The molecule has 1 amide bonds. The van der Waals surface area contributed by atoms with Gasteiger partial charge in [-0.2, -0.15) is 0 Å². The molecular weight excluding hydrogens is 454 g/mol. The topological polar surface area (TPSA) is 85.2 Å². The summed E-state index contributed by atoms with van der Waals surface area (Å²) in [5, 5.41) is 26.9. The van der Waals surface area contributed by atoms with Gasteiger partial charge in [-0.25, -0.2) is 0 Å². The molecule has 1 heterocycles. The van der Waals surface area contributed by atoms with Gasteiger partial charge in [-0.1, -0.05) is 47.6 Å². The molecule has 0 spiro atoms. The number of carbonyl (C=O) groups excluding carboxylic acids is 1. The quantitative estimate of drug-likeness (QED) is 0.233. The number of aromatic hydroxyl groups is 1. The van der Waals surface area contributed by atoms with E-state index >= 15 is 0 Å². The Labute approximate surface area is 206 Å². The number of amidine groups is 1. The van der Waals surface area contributed by atoms with Crippen molar-refractivity contribution in [2.45, 2.75) is 52.4 Å². The third-order valence-electron chi connectivity index (χ3n) is 5.17. The molecule has 0 unspecified atom stereocenters. The van der Waals surface area contributed by atoms with Gasteiger partial charge in [-0.3, -0.25) is 10.2 Å². The first-order valence-electron chi connectivity index (χ1n) is 10.5. The minimum Gasteiger partial charge on any atom is -0.507 e. The maximum absolute atomic E-state index is 13.1. The molecule has 3 rings (SSSR count). The van der Waals surface area contributed by atoms with Crippen LogP contribution in [0.1, 0.15) is 67.9 Å². The Hall–Kier alpha value is -2.83. The molecular formula is C26H32ClN3O2S. The molecule has 33 heavy (non-hydrogen) atoms. The molecule has 3 aromatic rings. The van der Waals surface area contributed by atoms with Crippen molar-refractivity contribution in [1.82, 2.24) is 0 Å². The first-order valence-corrected chi connectivity index (χ1v) is 11.4. The van der Waals surface area contributed by atoms with Crippen LogP contribution in [0.4, 0.5) is 11.4 Å². The molecule has 0 aliphatic carbocycles. The fourth-order valence-electron chi connectivity index (χ4n) is 3.38. The second-order valence-corrected chi connectivity index (χ2v) is 10.9. The number of hydrogen-bond donors (Lipinski definition) is 4. The second-order valence-electron chi connectivity index (χ2n) is 9.93. The third kappa shape index (κ3) is 6.36. The number of halogens is 1. The van der Waals surface area contributed by atoms with Crippen LogP contribution in [0.5, 0.6) is 5.75 Å². The van der Waals surface area contributed by atoms with Crippen molar-refractivity contribution in [2.24, 2.45) is 0 Å². The summed E-state index contributed by atoms with van der Waals surface area (Å²) in [6.07, 6.45) is 0. The monoisotopic (exact) mass is 485 g/mol. The SMILES string of the molecule is CC(C)(C)c1cc(C(=O)Nc2ccc(NC(=N)c3cccs3)cc2)cc(C(C)(C)C)c1O.Cl. The molecule has 0 bridgehead atoms. The predicted molar refractivity (Wildman–Crippen MR) is 142 cm³/mol. The number of benzene rings is 2. The molecule has 4 N–H and O–H groups in total. The van der Waals surface area contributed by atoms with Crippen LogP contribution in [0, 0.1) is 5.41 Å². The van der Waals surface area contributed by atoms with Crippen molar-refractivity contribution in [3.63, 3.8) is 0 Å². The van der Waals surface area contributed by atoms with Crippen LogP contribution in [0.2, 0.25) is 0 Å². The van der Waals surface area contributed by atoms with E-state index in [9.17, 15) is 9.90 Å². The lowest BCUT2D eigenvalue weighted by Gasteiger charge is -2.28. The number of phenolic OH excluding ortho intramolecular Hbond substituents is 1. The number of hydrogen-bond acceptors (Lipinski definition) is 4. The Bertz CT molecular complexity index is 1090. The van der Waals surface area contributed by atoms with Crippen LogP contribution in [0.15, 0.2) is 53.9 Å². The van der Waals surface area contributed by atoms with Crippen LogP contribution < -0.4 is 10.6 Å². The summed E-state index contributed by atoms with van der Waals surface area (Å²) in [4.78, 5) is 13.9. The smallest absolute Gasteiger partial charge is 0.255 e. The van der Waals surface area contributed by atoms with Crippen LogP contribution in [-0.2, 0) is 10.8 Å². The highest BCUT2D eigenvalue weighted by atomic mass is 35.5. The van der Waals surface area contributed by atoms with E-state index in [-0.39, 0.29) is 34.9 Å². The zero-order valence-corrected chi connectivity index (χ0v) is 21.5. The molecule has 7 heteroatoms. The standard InChI is InChI=1S/C26H31N3O2S.ClH/c1-25(2,3)19-14-16(15-20(22(19)30)26(4,5)6)24(31)29-18-11-9-17(10-12-18)28-23(27)21-8-7-13-32-21;/h7-15,30H,1-6H3,(H2,27,28)(H,29,31);1H. The van der Waals surface area contributed by atoms with Gasteiger partial charge in [0.25, 0.3) is 5.91 Å². The van der Waals surface area contributed by atoms with Gasteiger partial charge in [0, 0.05) is 28.1 Å². The van der Waals surface area contributed by atoms with Gasteiger partial charge >= 0.3 is 0 Å². The van der Waals surface area contributed by atoms with Crippen molar-refractivity contribution in [2.75, 3.05) is 10.6 Å². The molecule has 0 saturated heterocycles. The van der Waals surface area contributed by atoms with Crippen molar-refractivity contribution in [3.8, 4) is 5.75 Å². The van der Waals surface area contributed by atoms with Crippen LogP contribution in [0.3, 0.4) is 0 Å². The molecule has 0 saturated carbocycles. The Morgan fingerprint density at radius 1 is 0.879 bits per heavy atom. The summed E-state index contributed by atoms with van der Waals surface area (Å²) in [5.41, 5.74) is 2.84. The average molecular weight is 486 g/mol. The number of anilines is 2. The highest BCUT2D eigenvalue weighted by Crippen LogP contribution is 2.39. The molecule has 0 atom stereocenters. The van der Waals surface area contributed by atoms with Gasteiger partial charge in [0.2, 0.25) is 0 Å². The number of amides is 1. The predicted octanol–water partition coefficient (Wildman–Crippen LogP) is 7.16. The van der Waals surface area contributed by atoms with E-state index in [2.05, 4.69) is 10.6 Å². The molecule has 0 fully saturated rings. The Kier molecular flexibility index (Phi) is 7.99. The van der Waals surface area contributed by atoms with E-state index in [1.165, 1.54) is 11.3 Å². The van der Waals surface area contributed by atoms with Gasteiger partial charge in [-0.05, 0) is 58.7 Å². The number of carbonyl (C=O) groups is 1. The first kappa shape index (κ1) is 26.4. The maximum Gasteiger partial charge on any atom is 0.255 e. The van der Waals surface area contributed by atoms with Crippen LogP contribution in [0.25, 0.3) is 0 Å². The second kappa shape index (κ2) is 9.98. The van der Waals surface area contributed by atoms with E-state index in [0.29, 0.717) is 17.1 Å². The molecule has 1 aromatic heterocycles. The number of phenols is 1. The molecule has 2 aromatic carbocycles. The van der Waals surface area contributed by atoms with Crippen molar-refractivity contribution in [1.29, 1.82) is 5.41 Å². The highest BCUT2D eigenvalue weighted by molar-refractivity contribution is 7.12. The molecule has 0 aliphatic heterocycles. The van der Waals surface area contributed by atoms with Gasteiger partial charge in [0.05, 0.1) is 4.88 Å². The molecule has 0 aliphatic rings. The zero-order chi connectivity index (χ0) is 23.7. The van der Waals surface area contributed by atoms with E-state index in [4.69, 9.17) is 5.41 Å². The van der Waals surface area contributed by atoms with E-state index < -0.39 is 0 Å². The maximum atomic E-state index is 13.1. The van der Waals surface area contributed by atoms with Crippen LogP contribution >= 0.6 is 23.7 Å². The van der Waals surface area contributed by atoms with Gasteiger partial charge in [0.15, 0.2) is 0 Å².